The second-order valence-electron chi connectivity index (χ2n) is 6.43. The van der Waals surface area contributed by atoms with Crippen LogP contribution in [0.15, 0.2) is 36.4 Å². The number of ether oxygens (including phenoxy) is 1. The molecule has 0 spiro atoms. The number of hydrogen-bond donors (Lipinski definition) is 1. The smallest absolute Gasteiger partial charge is 0.426 e. The highest BCUT2D eigenvalue weighted by Crippen LogP contribution is 2.18. The van der Waals surface area contributed by atoms with Gasteiger partial charge in [0.2, 0.25) is 0 Å². The highest BCUT2D eigenvalue weighted by Gasteiger charge is 2.21. The van der Waals surface area contributed by atoms with E-state index < -0.39 is 11.7 Å². The van der Waals surface area contributed by atoms with Crippen molar-refractivity contribution in [1.29, 1.82) is 0 Å². The molecule has 23 heavy (non-hydrogen) atoms. The van der Waals surface area contributed by atoms with Crippen LogP contribution in [-0.4, -0.2) is 22.2 Å². The van der Waals surface area contributed by atoms with Crippen LogP contribution in [0.2, 0.25) is 0 Å². The molecule has 1 heterocycles. The van der Waals surface area contributed by atoms with Crippen molar-refractivity contribution in [2.45, 2.75) is 40.2 Å². The fourth-order valence-corrected chi connectivity index (χ4v) is 2.30. The van der Waals surface area contributed by atoms with Crippen LogP contribution in [0.25, 0.3) is 0 Å². The monoisotopic (exact) mass is 314 g/mol. The molecular formula is C18H22N2O3. The zero-order valence-corrected chi connectivity index (χ0v) is 14.1. The molecular weight excluding hydrogens is 292 g/mol. The van der Waals surface area contributed by atoms with E-state index in [-0.39, 0.29) is 5.78 Å². The van der Waals surface area contributed by atoms with Crippen LogP contribution in [0, 0.1) is 13.8 Å². The number of hydrogen-bond acceptors (Lipinski definition) is 3. The molecule has 0 atom stereocenters. The SMILES string of the molecule is Cc1cc(C(=O)c2ccccc2)c(C)n1NC(=O)OC(C)(C)C. The van der Waals surface area contributed by atoms with E-state index in [4.69, 9.17) is 4.74 Å². The molecule has 0 aliphatic carbocycles. The Kier molecular flexibility index (Phi) is 4.59. The van der Waals surface area contributed by atoms with E-state index in [2.05, 4.69) is 5.43 Å². The second-order valence-corrected chi connectivity index (χ2v) is 6.43. The predicted octanol–water partition coefficient (Wildman–Crippen LogP) is 3.81. The summed E-state index contributed by atoms with van der Waals surface area (Å²) in [6, 6.07) is 10.8. The van der Waals surface area contributed by atoms with Crippen molar-refractivity contribution < 1.29 is 14.3 Å². The Bertz CT molecular complexity index is 725. The maximum absolute atomic E-state index is 12.6. The summed E-state index contributed by atoms with van der Waals surface area (Å²) in [7, 11) is 0. The van der Waals surface area contributed by atoms with Gasteiger partial charge in [0.25, 0.3) is 0 Å². The third-order valence-corrected chi connectivity index (χ3v) is 3.31. The van der Waals surface area contributed by atoms with Crippen molar-refractivity contribution in [2.75, 3.05) is 5.43 Å². The fourth-order valence-electron chi connectivity index (χ4n) is 2.30. The third-order valence-electron chi connectivity index (χ3n) is 3.31. The summed E-state index contributed by atoms with van der Waals surface area (Å²) in [5, 5.41) is 0. The minimum atomic E-state index is -0.582. The van der Waals surface area contributed by atoms with Gasteiger partial charge in [0, 0.05) is 22.5 Å². The van der Waals surface area contributed by atoms with E-state index >= 15 is 0 Å². The first kappa shape index (κ1) is 16.8. The van der Waals surface area contributed by atoms with E-state index in [1.807, 2.05) is 25.1 Å². The summed E-state index contributed by atoms with van der Waals surface area (Å²) in [6.45, 7) is 9.01. The van der Waals surface area contributed by atoms with E-state index in [1.165, 1.54) is 0 Å². The maximum atomic E-state index is 12.6. The van der Waals surface area contributed by atoms with Gasteiger partial charge in [-0.25, -0.2) is 10.2 Å². The van der Waals surface area contributed by atoms with Crippen molar-refractivity contribution in [2.24, 2.45) is 0 Å². The maximum Gasteiger partial charge on any atom is 0.426 e. The number of ketones is 1. The number of nitrogens with one attached hydrogen (secondary N) is 1. The summed E-state index contributed by atoms with van der Waals surface area (Å²) < 4.78 is 6.82. The number of benzene rings is 1. The molecule has 5 nitrogen and oxygen atoms in total. The Morgan fingerprint density at radius 1 is 1.09 bits per heavy atom. The van der Waals surface area contributed by atoms with Crippen LogP contribution >= 0.6 is 0 Å². The molecule has 1 N–H and O–H groups in total. The summed E-state index contributed by atoms with van der Waals surface area (Å²) in [4.78, 5) is 24.5. The molecule has 0 saturated carbocycles. The Balaban J connectivity index is 2.26. The molecule has 1 aromatic carbocycles. The van der Waals surface area contributed by atoms with Gasteiger partial charge in [0.1, 0.15) is 5.60 Å². The van der Waals surface area contributed by atoms with Gasteiger partial charge < -0.3 is 4.74 Å². The lowest BCUT2D eigenvalue weighted by Crippen LogP contribution is -2.32. The number of nitrogens with zero attached hydrogens (tertiary/aromatic N) is 1. The molecule has 122 valence electrons. The second kappa shape index (κ2) is 6.28. The summed E-state index contributed by atoms with van der Waals surface area (Å²) in [5.74, 6) is -0.0732. The van der Waals surface area contributed by atoms with Gasteiger partial charge in [-0.1, -0.05) is 30.3 Å². The van der Waals surface area contributed by atoms with Crippen molar-refractivity contribution in [3.8, 4) is 0 Å². The fraction of sp³-hybridized carbons (Fsp3) is 0.333. The van der Waals surface area contributed by atoms with E-state index in [0.717, 1.165) is 5.69 Å². The average Bonchev–Trinajstić information content (AvgIpc) is 2.73. The first-order valence-corrected chi connectivity index (χ1v) is 7.48. The zero-order valence-electron chi connectivity index (χ0n) is 14.1. The van der Waals surface area contributed by atoms with E-state index in [1.54, 1.807) is 50.6 Å². The number of carbonyl (C=O) groups is 2. The number of amides is 1. The molecule has 0 radical (unpaired) electrons. The summed E-state index contributed by atoms with van der Waals surface area (Å²) in [5.41, 5.74) is 4.68. The zero-order chi connectivity index (χ0) is 17.2. The first-order valence-electron chi connectivity index (χ1n) is 7.48. The number of rotatable bonds is 3. The third kappa shape index (κ3) is 4.00. The van der Waals surface area contributed by atoms with Gasteiger partial charge in [-0.2, -0.15) is 0 Å². The van der Waals surface area contributed by atoms with E-state index in [9.17, 15) is 9.59 Å². The van der Waals surface area contributed by atoms with E-state index in [0.29, 0.717) is 16.8 Å². The Morgan fingerprint density at radius 2 is 1.70 bits per heavy atom. The van der Waals surface area contributed by atoms with Crippen LogP contribution in [0.1, 0.15) is 48.1 Å². The van der Waals surface area contributed by atoms with Crippen LogP contribution in [0.4, 0.5) is 4.79 Å². The molecule has 5 heteroatoms. The minimum absolute atomic E-state index is 0.0732. The molecule has 0 bridgehead atoms. The minimum Gasteiger partial charge on any atom is -0.443 e. The average molecular weight is 314 g/mol. The van der Waals surface area contributed by atoms with Gasteiger partial charge in [-0.3, -0.25) is 9.47 Å². The first-order chi connectivity index (χ1) is 10.7. The Hall–Kier alpha value is -2.56. The predicted molar refractivity (Wildman–Crippen MR) is 89.4 cm³/mol. The molecule has 1 amide bonds. The molecule has 2 rings (SSSR count). The van der Waals surface area contributed by atoms with Crippen molar-refractivity contribution in [3.63, 3.8) is 0 Å². The Morgan fingerprint density at radius 3 is 2.26 bits per heavy atom. The normalized spacial score (nSPS) is 11.2. The molecule has 2 aromatic rings. The topological polar surface area (TPSA) is 60.3 Å². The van der Waals surface area contributed by atoms with Crippen LogP contribution in [0.5, 0.6) is 0 Å². The molecule has 0 saturated heterocycles. The van der Waals surface area contributed by atoms with Crippen LogP contribution in [0.3, 0.4) is 0 Å². The van der Waals surface area contributed by atoms with Gasteiger partial charge >= 0.3 is 6.09 Å². The van der Waals surface area contributed by atoms with Crippen molar-refractivity contribution in [3.05, 3.63) is 58.9 Å². The summed E-state index contributed by atoms with van der Waals surface area (Å²) >= 11 is 0. The molecule has 0 aliphatic rings. The molecule has 0 fully saturated rings. The molecule has 1 aromatic heterocycles. The van der Waals surface area contributed by atoms with Gasteiger partial charge in [0.15, 0.2) is 5.78 Å². The van der Waals surface area contributed by atoms with Crippen molar-refractivity contribution >= 4 is 11.9 Å². The van der Waals surface area contributed by atoms with Crippen LogP contribution < -0.4 is 5.43 Å². The lowest BCUT2D eigenvalue weighted by molar-refractivity contribution is 0.0611. The number of aromatic nitrogens is 1. The number of aryl methyl sites for hydroxylation is 1. The highest BCUT2D eigenvalue weighted by molar-refractivity contribution is 6.10. The van der Waals surface area contributed by atoms with Gasteiger partial charge in [-0.15, -0.1) is 0 Å². The number of carbonyl (C=O) groups excluding carboxylic acids is 2. The largest absolute Gasteiger partial charge is 0.443 e. The lowest BCUT2D eigenvalue weighted by Gasteiger charge is -2.21. The lowest BCUT2D eigenvalue weighted by atomic mass is 10.0. The van der Waals surface area contributed by atoms with Crippen LogP contribution in [-0.2, 0) is 4.74 Å². The summed E-state index contributed by atoms with van der Waals surface area (Å²) in [6.07, 6.45) is -0.557. The molecule has 0 aliphatic heterocycles. The highest BCUT2D eigenvalue weighted by atomic mass is 16.6. The van der Waals surface area contributed by atoms with Gasteiger partial charge in [-0.05, 0) is 40.7 Å². The quantitative estimate of drug-likeness (QED) is 0.876. The Labute approximate surface area is 136 Å². The molecule has 0 unspecified atom stereocenters. The van der Waals surface area contributed by atoms with Gasteiger partial charge in [0.05, 0.1) is 0 Å². The standard InChI is InChI=1S/C18H22N2O3/c1-12-11-15(16(21)14-9-7-6-8-10-14)13(2)20(12)19-17(22)23-18(3,4)5/h6-11H,1-5H3,(H,19,22). The van der Waals surface area contributed by atoms with Crippen molar-refractivity contribution in [1.82, 2.24) is 4.68 Å².